The summed E-state index contributed by atoms with van der Waals surface area (Å²) >= 11 is 0. The molecular formula is C11H10F2O3. The molecule has 1 aromatic carbocycles. The molecule has 0 amide bonds. The molecule has 0 saturated heterocycles. The summed E-state index contributed by atoms with van der Waals surface area (Å²) in [6.07, 6.45) is 3.08. The van der Waals surface area contributed by atoms with Gasteiger partial charge in [0.2, 0.25) is 0 Å². The van der Waals surface area contributed by atoms with Crippen LogP contribution in [0.4, 0.5) is 8.78 Å². The maximum atomic E-state index is 13.3. The monoisotopic (exact) mass is 228 g/mol. The van der Waals surface area contributed by atoms with E-state index in [0.717, 1.165) is 6.07 Å². The van der Waals surface area contributed by atoms with E-state index in [1.165, 1.54) is 12.2 Å². The van der Waals surface area contributed by atoms with Crippen LogP contribution in [0.1, 0.15) is 22.3 Å². The molecule has 0 spiro atoms. The van der Waals surface area contributed by atoms with Crippen LogP contribution in [0, 0.1) is 11.6 Å². The maximum absolute atomic E-state index is 13.3. The largest absolute Gasteiger partial charge is 0.478 e. The van der Waals surface area contributed by atoms with Gasteiger partial charge in [0.1, 0.15) is 11.6 Å². The second-order valence-electron chi connectivity index (χ2n) is 3.07. The molecule has 0 fully saturated rings. The van der Waals surface area contributed by atoms with Gasteiger partial charge >= 0.3 is 5.97 Å². The molecule has 0 aromatic heterocycles. The molecular weight excluding hydrogens is 218 g/mol. The molecule has 1 rings (SSSR count). The highest BCUT2D eigenvalue weighted by Gasteiger charge is 2.13. The van der Waals surface area contributed by atoms with Gasteiger partial charge in [-0.15, -0.1) is 0 Å². The minimum Gasteiger partial charge on any atom is -0.478 e. The smallest absolute Gasteiger partial charge is 0.338 e. The fourth-order valence-electron chi connectivity index (χ4n) is 1.14. The van der Waals surface area contributed by atoms with Crippen LogP contribution in [0.5, 0.6) is 0 Å². The van der Waals surface area contributed by atoms with Crippen molar-refractivity contribution in [3.63, 3.8) is 0 Å². The number of carboxylic acid groups (broad SMARTS) is 1. The number of halogens is 2. The van der Waals surface area contributed by atoms with Gasteiger partial charge in [0.25, 0.3) is 0 Å². The minimum atomic E-state index is -1.51. The minimum absolute atomic E-state index is 0.0454. The van der Waals surface area contributed by atoms with Crippen LogP contribution >= 0.6 is 0 Å². The predicted molar refractivity (Wildman–Crippen MR) is 54.1 cm³/mol. The van der Waals surface area contributed by atoms with Crippen molar-refractivity contribution in [2.24, 2.45) is 0 Å². The lowest BCUT2D eigenvalue weighted by Gasteiger charge is -2.01. The van der Waals surface area contributed by atoms with Gasteiger partial charge in [-0.05, 0) is 18.6 Å². The molecule has 0 atom stereocenters. The summed E-state index contributed by atoms with van der Waals surface area (Å²) in [7, 11) is 0. The molecule has 0 unspecified atom stereocenters. The Morgan fingerprint density at radius 3 is 2.56 bits per heavy atom. The highest BCUT2D eigenvalue weighted by Crippen LogP contribution is 2.16. The number of carbonyl (C=O) groups is 1. The van der Waals surface area contributed by atoms with Crippen LogP contribution in [-0.2, 0) is 0 Å². The third-order valence-corrected chi connectivity index (χ3v) is 1.91. The van der Waals surface area contributed by atoms with Crippen molar-refractivity contribution >= 4 is 12.0 Å². The molecule has 3 nitrogen and oxygen atoms in total. The van der Waals surface area contributed by atoms with Gasteiger partial charge in [-0.1, -0.05) is 12.2 Å². The summed E-state index contributed by atoms with van der Waals surface area (Å²) in [6.45, 7) is -0.0895. The summed E-state index contributed by atoms with van der Waals surface area (Å²) in [4.78, 5) is 10.5. The number of hydrogen-bond acceptors (Lipinski definition) is 2. The molecule has 0 heterocycles. The lowest BCUT2D eigenvalue weighted by Crippen LogP contribution is -2.02. The highest BCUT2D eigenvalue weighted by atomic mass is 19.1. The lowest BCUT2D eigenvalue weighted by atomic mass is 10.1. The van der Waals surface area contributed by atoms with Crippen molar-refractivity contribution in [1.82, 2.24) is 0 Å². The van der Waals surface area contributed by atoms with Crippen molar-refractivity contribution in [2.75, 3.05) is 6.61 Å². The molecule has 16 heavy (non-hydrogen) atoms. The standard InChI is InChI=1S/C11H10F2O3/c12-9-6-8(11(15)16)10(13)5-7(9)3-1-2-4-14/h1,3,5-6,14H,2,4H2,(H,15,16). The number of carboxylic acids is 1. The van der Waals surface area contributed by atoms with E-state index in [0.29, 0.717) is 12.5 Å². The fraction of sp³-hybridized carbons (Fsp3) is 0.182. The average Bonchev–Trinajstić information content (AvgIpc) is 2.22. The van der Waals surface area contributed by atoms with E-state index in [9.17, 15) is 13.6 Å². The predicted octanol–water partition coefficient (Wildman–Crippen LogP) is 2.06. The van der Waals surface area contributed by atoms with Gasteiger partial charge in [-0.25, -0.2) is 13.6 Å². The molecule has 2 N–H and O–H groups in total. The van der Waals surface area contributed by atoms with Crippen LogP contribution in [0.15, 0.2) is 18.2 Å². The summed E-state index contributed by atoms with van der Waals surface area (Å²) < 4.78 is 26.4. The van der Waals surface area contributed by atoms with E-state index in [2.05, 4.69) is 0 Å². The zero-order valence-electron chi connectivity index (χ0n) is 8.28. The molecule has 5 heteroatoms. The molecule has 0 saturated carbocycles. The van der Waals surface area contributed by atoms with Gasteiger partial charge in [-0.2, -0.15) is 0 Å². The Balaban J connectivity index is 3.05. The van der Waals surface area contributed by atoms with Gasteiger partial charge in [0.05, 0.1) is 5.56 Å². The third-order valence-electron chi connectivity index (χ3n) is 1.91. The second kappa shape index (κ2) is 5.37. The normalized spacial score (nSPS) is 10.9. The van der Waals surface area contributed by atoms with E-state index >= 15 is 0 Å². The Morgan fingerprint density at radius 2 is 2.00 bits per heavy atom. The van der Waals surface area contributed by atoms with Gasteiger partial charge in [0, 0.05) is 12.2 Å². The zero-order chi connectivity index (χ0) is 12.1. The maximum Gasteiger partial charge on any atom is 0.338 e. The van der Waals surface area contributed by atoms with Crippen LogP contribution < -0.4 is 0 Å². The van der Waals surface area contributed by atoms with Crippen LogP contribution in [0.3, 0.4) is 0 Å². The lowest BCUT2D eigenvalue weighted by molar-refractivity contribution is 0.0691. The number of aromatic carboxylic acids is 1. The number of hydrogen-bond donors (Lipinski definition) is 2. The van der Waals surface area contributed by atoms with Crippen molar-refractivity contribution in [3.8, 4) is 0 Å². The van der Waals surface area contributed by atoms with E-state index < -0.39 is 23.2 Å². The van der Waals surface area contributed by atoms with Gasteiger partial charge < -0.3 is 10.2 Å². The van der Waals surface area contributed by atoms with E-state index in [4.69, 9.17) is 10.2 Å². The first kappa shape index (κ1) is 12.3. The van der Waals surface area contributed by atoms with Crippen LogP contribution in [0.25, 0.3) is 6.08 Å². The molecule has 0 aliphatic heterocycles. The van der Waals surface area contributed by atoms with E-state index in [1.807, 2.05) is 0 Å². The fourth-order valence-corrected chi connectivity index (χ4v) is 1.14. The van der Waals surface area contributed by atoms with Crippen molar-refractivity contribution < 1.29 is 23.8 Å². The molecule has 0 radical (unpaired) electrons. The topological polar surface area (TPSA) is 57.5 Å². The van der Waals surface area contributed by atoms with Crippen LogP contribution in [-0.4, -0.2) is 22.8 Å². The van der Waals surface area contributed by atoms with E-state index in [-0.39, 0.29) is 12.2 Å². The Hall–Kier alpha value is -1.75. The van der Waals surface area contributed by atoms with Crippen molar-refractivity contribution in [2.45, 2.75) is 6.42 Å². The SMILES string of the molecule is O=C(O)c1cc(F)c(C=CCCO)cc1F. The average molecular weight is 228 g/mol. The van der Waals surface area contributed by atoms with E-state index in [1.54, 1.807) is 0 Å². The summed E-state index contributed by atoms with van der Waals surface area (Å²) in [5.74, 6) is -3.31. The third kappa shape index (κ3) is 2.87. The Kier molecular flexibility index (Phi) is 4.13. The first-order chi connectivity index (χ1) is 7.56. The van der Waals surface area contributed by atoms with Crippen LogP contribution in [0.2, 0.25) is 0 Å². The van der Waals surface area contributed by atoms with Gasteiger partial charge in [-0.3, -0.25) is 0 Å². The number of aliphatic hydroxyl groups is 1. The highest BCUT2D eigenvalue weighted by molar-refractivity contribution is 5.88. The summed E-state index contributed by atoms with van der Waals surface area (Å²) in [6, 6.07) is 1.45. The summed E-state index contributed by atoms with van der Waals surface area (Å²) in [5.41, 5.74) is -0.743. The first-order valence-electron chi connectivity index (χ1n) is 4.56. The summed E-state index contributed by atoms with van der Waals surface area (Å²) in [5, 5.41) is 17.0. The molecule has 0 aliphatic rings. The van der Waals surface area contributed by atoms with Crippen molar-refractivity contribution in [1.29, 1.82) is 0 Å². The number of benzene rings is 1. The molecule has 0 aliphatic carbocycles. The first-order valence-corrected chi connectivity index (χ1v) is 4.56. The quantitative estimate of drug-likeness (QED) is 0.829. The molecule has 1 aromatic rings. The molecule has 86 valence electrons. The Labute approximate surface area is 90.6 Å². The van der Waals surface area contributed by atoms with Crippen molar-refractivity contribution in [3.05, 3.63) is 41.0 Å². The number of rotatable bonds is 4. The zero-order valence-corrected chi connectivity index (χ0v) is 8.28. The van der Waals surface area contributed by atoms with Gasteiger partial charge in [0.15, 0.2) is 0 Å². The Morgan fingerprint density at radius 1 is 1.31 bits per heavy atom. The number of aliphatic hydroxyl groups excluding tert-OH is 1. The molecule has 0 bridgehead atoms. The second-order valence-corrected chi connectivity index (χ2v) is 3.07. The Bertz CT molecular complexity index is 427.